The molecule has 25 heavy (non-hydrogen) atoms. The van der Waals surface area contributed by atoms with Crippen LogP contribution < -0.4 is 15.5 Å². The van der Waals surface area contributed by atoms with Gasteiger partial charge in [-0.1, -0.05) is 30.3 Å². The topological polar surface area (TPSA) is 72.5 Å². The van der Waals surface area contributed by atoms with E-state index < -0.39 is 18.8 Å². The van der Waals surface area contributed by atoms with E-state index in [2.05, 4.69) is 20.5 Å². The Balaban J connectivity index is 1.72. The first-order chi connectivity index (χ1) is 11.9. The second-order valence-corrected chi connectivity index (χ2v) is 4.97. The zero-order chi connectivity index (χ0) is 18.1. The lowest BCUT2D eigenvalue weighted by molar-refractivity contribution is -0.154. The molecule has 0 saturated carbocycles. The number of nitrogens with zero attached hydrogens (tertiary/aromatic N) is 1. The molecule has 9 heteroatoms. The van der Waals surface area contributed by atoms with E-state index in [1.807, 2.05) is 30.3 Å². The minimum absolute atomic E-state index is 0.0748. The number of pyridine rings is 1. The molecule has 6 nitrogen and oxygen atoms in total. The molecule has 2 N–H and O–H groups in total. The van der Waals surface area contributed by atoms with E-state index in [1.165, 1.54) is 12.3 Å². The number of halogens is 3. The van der Waals surface area contributed by atoms with Gasteiger partial charge in [-0.15, -0.1) is 0 Å². The number of benzene rings is 1. The number of carbonyl (C=O) groups excluding carboxylic acids is 1. The summed E-state index contributed by atoms with van der Waals surface area (Å²) in [5, 5.41) is 2.50. The molecule has 0 atom stereocenters. The Hall–Kier alpha value is -2.81. The molecule has 0 bridgehead atoms. The molecule has 0 aliphatic rings. The van der Waals surface area contributed by atoms with E-state index in [9.17, 15) is 18.0 Å². The van der Waals surface area contributed by atoms with Crippen LogP contribution in [0.1, 0.15) is 11.1 Å². The van der Waals surface area contributed by atoms with Crippen molar-refractivity contribution >= 4 is 6.03 Å². The highest BCUT2D eigenvalue weighted by Crippen LogP contribution is 2.17. The van der Waals surface area contributed by atoms with Gasteiger partial charge >= 0.3 is 12.2 Å². The maximum atomic E-state index is 12.1. The highest BCUT2D eigenvalue weighted by molar-refractivity contribution is 5.72. The van der Waals surface area contributed by atoms with Gasteiger partial charge in [-0.25, -0.2) is 15.3 Å². The first-order valence-electron chi connectivity index (χ1n) is 7.26. The van der Waals surface area contributed by atoms with Crippen LogP contribution in [-0.4, -0.2) is 23.8 Å². The third kappa shape index (κ3) is 7.53. The summed E-state index contributed by atoms with van der Waals surface area (Å²) in [4.78, 5) is 20.3. The van der Waals surface area contributed by atoms with Crippen LogP contribution in [0.2, 0.25) is 0 Å². The van der Waals surface area contributed by atoms with Crippen LogP contribution in [0.25, 0.3) is 0 Å². The van der Waals surface area contributed by atoms with E-state index >= 15 is 0 Å². The number of hydrogen-bond acceptors (Lipinski definition) is 4. The predicted molar refractivity (Wildman–Crippen MR) is 82.4 cm³/mol. The second-order valence-electron chi connectivity index (χ2n) is 4.97. The molecule has 2 amide bonds. The van der Waals surface area contributed by atoms with E-state index in [4.69, 9.17) is 4.84 Å². The minimum atomic E-state index is -4.44. The van der Waals surface area contributed by atoms with E-state index in [-0.39, 0.29) is 19.0 Å². The number of urea groups is 1. The smallest absolute Gasteiger partial charge is 0.422 e. The van der Waals surface area contributed by atoms with Gasteiger partial charge in [-0.2, -0.15) is 13.2 Å². The number of amides is 2. The summed E-state index contributed by atoms with van der Waals surface area (Å²) >= 11 is 0. The molecule has 1 aromatic carbocycles. The van der Waals surface area contributed by atoms with Crippen molar-refractivity contribution in [2.45, 2.75) is 19.3 Å². The Bertz CT molecular complexity index is 681. The van der Waals surface area contributed by atoms with E-state index in [0.717, 1.165) is 5.56 Å². The van der Waals surface area contributed by atoms with Crippen LogP contribution in [-0.2, 0) is 18.0 Å². The molecule has 134 valence electrons. The fourth-order valence-electron chi connectivity index (χ4n) is 1.77. The zero-order valence-corrected chi connectivity index (χ0v) is 13.0. The third-order valence-corrected chi connectivity index (χ3v) is 2.88. The molecule has 2 rings (SSSR count). The predicted octanol–water partition coefficient (Wildman–Crippen LogP) is 2.95. The lowest BCUT2D eigenvalue weighted by atomic mass is 10.2. The highest BCUT2D eigenvalue weighted by atomic mass is 19.4. The Morgan fingerprint density at radius 2 is 1.88 bits per heavy atom. The van der Waals surface area contributed by atoms with Crippen LogP contribution in [0.5, 0.6) is 5.88 Å². The summed E-state index contributed by atoms with van der Waals surface area (Å²) in [6, 6.07) is 11.5. The fraction of sp³-hybridized carbons (Fsp3) is 0.250. The van der Waals surface area contributed by atoms with Crippen LogP contribution in [0.15, 0.2) is 48.7 Å². The molecule has 0 spiro atoms. The Morgan fingerprint density at radius 3 is 2.60 bits per heavy atom. The molecule has 2 aromatic rings. The summed E-state index contributed by atoms with van der Waals surface area (Å²) in [7, 11) is 0. The van der Waals surface area contributed by atoms with Gasteiger partial charge in [0.1, 0.15) is 0 Å². The van der Waals surface area contributed by atoms with Crippen molar-refractivity contribution in [1.82, 2.24) is 15.8 Å². The third-order valence-electron chi connectivity index (χ3n) is 2.88. The van der Waals surface area contributed by atoms with Crippen molar-refractivity contribution in [3.63, 3.8) is 0 Å². The Morgan fingerprint density at radius 1 is 1.12 bits per heavy atom. The van der Waals surface area contributed by atoms with Gasteiger partial charge in [-0.3, -0.25) is 4.84 Å². The van der Waals surface area contributed by atoms with E-state index in [1.54, 1.807) is 6.07 Å². The molecular formula is C16H16F3N3O3. The quantitative estimate of drug-likeness (QED) is 0.749. The summed E-state index contributed by atoms with van der Waals surface area (Å²) in [5.41, 5.74) is 3.64. The van der Waals surface area contributed by atoms with Crippen LogP contribution in [0.3, 0.4) is 0 Å². The van der Waals surface area contributed by atoms with Crippen LogP contribution in [0.4, 0.5) is 18.0 Å². The van der Waals surface area contributed by atoms with Crippen molar-refractivity contribution in [1.29, 1.82) is 0 Å². The number of hydroxylamine groups is 1. The molecule has 0 radical (unpaired) electrons. The number of alkyl halides is 3. The lowest BCUT2D eigenvalue weighted by Crippen LogP contribution is -2.34. The van der Waals surface area contributed by atoms with Gasteiger partial charge in [0.05, 0.1) is 6.61 Å². The number of carbonyl (C=O) groups is 1. The van der Waals surface area contributed by atoms with Crippen LogP contribution >= 0.6 is 0 Å². The normalized spacial score (nSPS) is 11.0. The monoisotopic (exact) mass is 355 g/mol. The standard InChI is InChI=1S/C16H16F3N3O3/c17-16(18,19)11-24-14-8-13(6-7-20-14)9-21-15(23)22-25-10-12-4-2-1-3-5-12/h1-8H,9-11H2,(H2,21,22,23). The number of nitrogens with one attached hydrogen (secondary N) is 2. The zero-order valence-electron chi connectivity index (χ0n) is 13.0. The number of rotatable bonds is 7. The number of hydrogen-bond donors (Lipinski definition) is 2. The van der Waals surface area contributed by atoms with Crippen molar-refractivity contribution in [3.8, 4) is 5.88 Å². The SMILES string of the molecule is O=C(NCc1ccnc(OCC(F)(F)F)c1)NOCc1ccccc1. The molecule has 1 aromatic heterocycles. The highest BCUT2D eigenvalue weighted by Gasteiger charge is 2.28. The van der Waals surface area contributed by atoms with Gasteiger partial charge in [0.2, 0.25) is 5.88 Å². The summed E-state index contributed by atoms with van der Waals surface area (Å²) < 4.78 is 40.9. The second kappa shape index (κ2) is 8.88. The fourth-order valence-corrected chi connectivity index (χ4v) is 1.77. The van der Waals surface area contributed by atoms with Crippen molar-refractivity contribution < 1.29 is 27.5 Å². The summed E-state index contributed by atoms with van der Waals surface area (Å²) in [6.45, 7) is -1.14. The molecule has 0 unspecified atom stereocenters. The average Bonchev–Trinajstić information content (AvgIpc) is 2.59. The van der Waals surface area contributed by atoms with Gasteiger partial charge in [-0.05, 0) is 17.2 Å². The molecule has 0 fully saturated rings. The molecule has 0 aliphatic heterocycles. The van der Waals surface area contributed by atoms with Crippen LogP contribution in [0, 0.1) is 0 Å². The molecule has 0 saturated heterocycles. The number of aromatic nitrogens is 1. The van der Waals surface area contributed by atoms with Crippen molar-refractivity contribution in [3.05, 3.63) is 59.8 Å². The van der Waals surface area contributed by atoms with E-state index in [0.29, 0.717) is 5.56 Å². The number of ether oxygens (including phenoxy) is 1. The first-order valence-corrected chi connectivity index (χ1v) is 7.26. The largest absolute Gasteiger partial charge is 0.468 e. The molecule has 1 heterocycles. The van der Waals surface area contributed by atoms with Crippen molar-refractivity contribution in [2.75, 3.05) is 6.61 Å². The van der Waals surface area contributed by atoms with Gasteiger partial charge in [0.15, 0.2) is 6.61 Å². The summed E-state index contributed by atoms with van der Waals surface area (Å²) in [6.07, 6.45) is -3.14. The van der Waals surface area contributed by atoms with Crippen molar-refractivity contribution in [2.24, 2.45) is 0 Å². The van der Waals surface area contributed by atoms with Gasteiger partial charge in [0, 0.05) is 18.8 Å². The molecule has 0 aliphatic carbocycles. The average molecular weight is 355 g/mol. The van der Waals surface area contributed by atoms with Gasteiger partial charge in [0.25, 0.3) is 0 Å². The van der Waals surface area contributed by atoms with Gasteiger partial charge < -0.3 is 10.1 Å². The first kappa shape index (κ1) is 18.5. The Labute approximate surface area is 141 Å². The lowest BCUT2D eigenvalue weighted by Gasteiger charge is -2.10. The maximum absolute atomic E-state index is 12.1. The minimum Gasteiger partial charge on any atom is -0.468 e. The Kier molecular flexibility index (Phi) is 6.58. The maximum Gasteiger partial charge on any atom is 0.422 e. The summed E-state index contributed by atoms with van der Waals surface area (Å²) in [5.74, 6) is -0.169. The molecular weight excluding hydrogens is 339 g/mol.